The summed E-state index contributed by atoms with van der Waals surface area (Å²) in [6.07, 6.45) is -0.800. The van der Waals surface area contributed by atoms with E-state index in [0.29, 0.717) is 5.56 Å². The molecule has 1 atom stereocenters. The molecule has 1 unspecified atom stereocenters. The summed E-state index contributed by atoms with van der Waals surface area (Å²) in [5.41, 5.74) is 0.715. The van der Waals surface area contributed by atoms with Gasteiger partial charge in [0.2, 0.25) is 0 Å². The van der Waals surface area contributed by atoms with Gasteiger partial charge in [-0.15, -0.1) is 0 Å². The molecule has 0 amide bonds. The molecule has 0 aromatic heterocycles. The van der Waals surface area contributed by atoms with Crippen LogP contribution in [-0.2, 0) is 19.1 Å². The summed E-state index contributed by atoms with van der Waals surface area (Å²) >= 11 is 0. The molecule has 110 valence electrons. The molecule has 0 spiro atoms. The molecule has 1 aromatic carbocycles. The quantitative estimate of drug-likeness (QED) is 0.728. The average molecular weight is 281 g/mol. The third kappa shape index (κ3) is 5.38. The lowest BCUT2D eigenvalue weighted by Gasteiger charge is -2.22. The van der Waals surface area contributed by atoms with E-state index in [0.717, 1.165) is 0 Å². The molecule has 6 heteroatoms. The first-order chi connectivity index (χ1) is 9.56. The molecule has 0 saturated heterocycles. The Bertz CT molecular complexity index is 416. The van der Waals surface area contributed by atoms with Gasteiger partial charge in [-0.2, -0.15) is 0 Å². The number of carbonyl (C=O) groups is 2. The van der Waals surface area contributed by atoms with Crippen LogP contribution in [-0.4, -0.2) is 55.8 Å². The van der Waals surface area contributed by atoms with Crippen LogP contribution in [0.3, 0.4) is 0 Å². The van der Waals surface area contributed by atoms with Crippen LogP contribution in [0.5, 0.6) is 0 Å². The minimum absolute atomic E-state index is 0.0878. The van der Waals surface area contributed by atoms with Gasteiger partial charge in [0.05, 0.1) is 33.4 Å². The molecule has 1 rings (SSSR count). The highest BCUT2D eigenvalue weighted by Crippen LogP contribution is 2.13. The molecular weight excluding hydrogens is 262 g/mol. The van der Waals surface area contributed by atoms with E-state index in [2.05, 4.69) is 9.47 Å². The number of methoxy groups -OCH3 is 2. The Labute approximate surface area is 117 Å². The standard InChI is InChI=1S/C14H19NO5/c1-19-13(17)9-15(10-14(18)20-2)8-12(16)11-6-4-3-5-7-11/h3-7,12,16H,8-10H2,1-2H3. The van der Waals surface area contributed by atoms with E-state index in [4.69, 9.17) is 0 Å². The molecule has 0 saturated carbocycles. The van der Waals surface area contributed by atoms with Gasteiger partial charge in [-0.25, -0.2) is 0 Å². The number of nitrogens with zero attached hydrogens (tertiary/aromatic N) is 1. The van der Waals surface area contributed by atoms with Crippen molar-refractivity contribution in [1.29, 1.82) is 0 Å². The Morgan fingerprint density at radius 2 is 1.60 bits per heavy atom. The summed E-state index contributed by atoms with van der Waals surface area (Å²) < 4.78 is 9.14. The molecule has 6 nitrogen and oxygen atoms in total. The molecule has 0 aliphatic carbocycles. The van der Waals surface area contributed by atoms with Gasteiger partial charge in [-0.3, -0.25) is 14.5 Å². The molecule has 0 heterocycles. The highest BCUT2D eigenvalue weighted by Gasteiger charge is 2.19. The number of esters is 2. The average Bonchev–Trinajstić information content (AvgIpc) is 2.47. The monoisotopic (exact) mass is 281 g/mol. The lowest BCUT2D eigenvalue weighted by molar-refractivity contribution is -0.146. The van der Waals surface area contributed by atoms with Gasteiger partial charge < -0.3 is 14.6 Å². The Hall–Kier alpha value is -1.92. The number of carbonyl (C=O) groups excluding carboxylic acids is 2. The zero-order valence-electron chi connectivity index (χ0n) is 11.6. The molecule has 0 aliphatic rings. The summed E-state index contributed by atoms with van der Waals surface area (Å²) in [6.45, 7) is -0.0425. The second kappa shape index (κ2) is 8.29. The molecular formula is C14H19NO5. The van der Waals surface area contributed by atoms with Crippen molar-refractivity contribution in [2.45, 2.75) is 6.10 Å². The molecule has 0 bridgehead atoms. The predicted molar refractivity (Wildman–Crippen MR) is 71.9 cm³/mol. The Morgan fingerprint density at radius 3 is 2.05 bits per heavy atom. The fourth-order valence-corrected chi connectivity index (χ4v) is 1.70. The molecule has 20 heavy (non-hydrogen) atoms. The third-order valence-electron chi connectivity index (χ3n) is 2.78. The van der Waals surface area contributed by atoms with Gasteiger partial charge in [-0.1, -0.05) is 30.3 Å². The Morgan fingerprint density at radius 1 is 1.10 bits per heavy atom. The van der Waals surface area contributed by atoms with Crippen LogP contribution in [0.25, 0.3) is 0 Å². The van der Waals surface area contributed by atoms with Crippen molar-refractivity contribution in [1.82, 2.24) is 4.90 Å². The maximum atomic E-state index is 11.3. The Balaban J connectivity index is 2.67. The Kier molecular flexibility index (Phi) is 6.69. The maximum Gasteiger partial charge on any atom is 0.319 e. The van der Waals surface area contributed by atoms with Crippen molar-refractivity contribution < 1.29 is 24.2 Å². The first-order valence-corrected chi connectivity index (χ1v) is 6.15. The number of benzene rings is 1. The minimum atomic E-state index is -0.800. The summed E-state index contributed by atoms with van der Waals surface area (Å²) in [5.74, 6) is -0.955. The van der Waals surface area contributed by atoms with Gasteiger partial charge in [0, 0.05) is 6.54 Å². The number of ether oxygens (including phenoxy) is 2. The lowest BCUT2D eigenvalue weighted by atomic mass is 10.1. The van der Waals surface area contributed by atoms with Crippen LogP contribution in [0.1, 0.15) is 11.7 Å². The van der Waals surface area contributed by atoms with Crippen LogP contribution >= 0.6 is 0 Å². The first-order valence-electron chi connectivity index (χ1n) is 6.15. The summed E-state index contributed by atoms with van der Waals surface area (Å²) in [4.78, 5) is 24.1. The predicted octanol–water partition coefficient (Wildman–Crippen LogP) is 0.368. The molecule has 0 fully saturated rings. The topological polar surface area (TPSA) is 76.1 Å². The van der Waals surface area contributed by atoms with Crippen LogP contribution < -0.4 is 0 Å². The largest absolute Gasteiger partial charge is 0.468 e. The maximum absolute atomic E-state index is 11.3. The van der Waals surface area contributed by atoms with E-state index < -0.39 is 18.0 Å². The smallest absolute Gasteiger partial charge is 0.319 e. The number of hydrogen-bond donors (Lipinski definition) is 1. The number of rotatable bonds is 7. The molecule has 1 aromatic rings. The van der Waals surface area contributed by atoms with E-state index in [1.807, 2.05) is 18.2 Å². The van der Waals surface area contributed by atoms with E-state index >= 15 is 0 Å². The number of aliphatic hydroxyl groups excluding tert-OH is 1. The lowest BCUT2D eigenvalue weighted by Crippen LogP contribution is -2.38. The van der Waals surface area contributed by atoms with Crippen molar-refractivity contribution in [2.24, 2.45) is 0 Å². The van der Waals surface area contributed by atoms with Crippen molar-refractivity contribution in [2.75, 3.05) is 33.9 Å². The van der Waals surface area contributed by atoms with Crippen LogP contribution in [0.15, 0.2) is 30.3 Å². The second-order valence-electron chi connectivity index (χ2n) is 4.25. The zero-order chi connectivity index (χ0) is 15.0. The van der Waals surface area contributed by atoms with Gasteiger partial charge in [0.1, 0.15) is 0 Å². The zero-order valence-corrected chi connectivity index (χ0v) is 11.6. The van der Waals surface area contributed by atoms with Crippen molar-refractivity contribution in [3.8, 4) is 0 Å². The van der Waals surface area contributed by atoms with Crippen LogP contribution in [0.4, 0.5) is 0 Å². The number of aliphatic hydroxyl groups is 1. The van der Waals surface area contributed by atoms with Gasteiger partial charge in [0.25, 0.3) is 0 Å². The third-order valence-corrected chi connectivity index (χ3v) is 2.78. The second-order valence-corrected chi connectivity index (χ2v) is 4.25. The normalized spacial score (nSPS) is 12.0. The summed E-state index contributed by atoms with van der Waals surface area (Å²) in [7, 11) is 2.54. The van der Waals surface area contributed by atoms with Crippen LogP contribution in [0, 0.1) is 0 Å². The van der Waals surface area contributed by atoms with E-state index in [1.165, 1.54) is 19.1 Å². The summed E-state index contributed by atoms with van der Waals surface area (Å²) in [6, 6.07) is 9.02. The minimum Gasteiger partial charge on any atom is -0.468 e. The first kappa shape index (κ1) is 16.1. The van der Waals surface area contributed by atoms with Crippen LogP contribution in [0.2, 0.25) is 0 Å². The van der Waals surface area contributed by atoms with E-state index in [9.17, 15) is 14.7 Å². The van der Waals surface area contributed by atoms with Crippen molar-refractivity contribution in [3.63, 3.8) is 0 Å². The highest BCUT2D eigenvalue weighted by atomic mass is 16.5. The van der Waals surface area contributed by atoms with Gasteiger partial charge in [-0.05, 0) is 5.56 Å². The van der Waals surface area contributed by atoms with Crippen molar-refractivity contribution >= 4 is 11.9 Å². The molecule has 0 aliphatic heterocycles. The fraction of sp³-hybridized carbons (Fsp3) is 0.429. The highest BCUT2D eigenvalue weighted by molar-refractivity contribution is 5.74. The molecule has 1 N–H and O–H groups in total. The number of hydrogen-bond acceptors (Lipinski definition) is 6. The summed E-state index contributed by atoms with van der Waals surface area (Å²) in [5, 5.41) is 10.1. The molecule has 0 radical (unpaired) electrons. The van der Waals surface area contributed by atoms with Crippen molar-refractivity contribution in [3.05, 3.63) is 35.9 Å². The van der Waals surface area contributed by atoms with Gasteiger partial charge >= 0.3 is 11.9 Å². The van der Waals surface area contributed by atoms with E-state index in [1.54, 1.807) is 12.1 Å². The van der Waals surface area contributed by atoms with Gasteiger partial charge in [0.15, 0.2) is 0 Å². The fourth-order valence-electron chi connectivity index (χ4n) is 1.70. The van der Waals surface area contributed by atoms with E-state index in [-0.39, 0.29) is 19.6 Å². The SMILES string of the molecule is COC(=O)CN(CC(=O)OC)CC(O)c1ccccc1.